The zero-order valence-electron chi connectivity index (χ0n) is 13.8. The van der Waals surface area contributed by atoms with E-state index in [1.54, 1.807) is 28.9 Å². The van der Waals surface area contributed by atoms with Crippen molar-refractivity contribution >= 4 is 17.9 Å². The van der Waals surface area contributed by atoms with Gasteiger partial charge in [-0.15, -0.1) is 0 Å². The highest BCUT2D eigenvalue weighted by Crippen LogP contribution is 2.19. The maximum Gasteiger partial charge on any atom is 0.246 e. The van der Waals surface area contributed by atoms with Gasteiger partial charge in [0.2, 0.25) is 11.8 Å². The number of carbonyl (C=O) groups is 2. The zero-order valence-corrected chi connectivity index (χ0v) is 13.8. The van der Waals surface area contributed by atoms with Crippen LogP contribution in [0.1, 0.15) is 25.8 Å². The van der Waals surface area contributed by atoms with Gasteiger partial charge in [0.1, 0.15) is 5.75 Å². The molecule has 1 aromatic carbocycles. The van der Waals surface area contributed by atoms with E-state index in [0.717, 1.165) is 17.7 Å². The van der Waals surface area contributed by atoms with E-state index < -0.39 is 0 Å². The molecule has 0 radical (unpaired) electrons. The molecule has 0 aliphatic carbocycles. The molecule has 1 aliphatic rings. The summed E-state index contributed by atoms with van der Waals surface area (Å²) in [6.45, 7) is 6.64. The first-order valence-electron chi connectivity index (χ1n) is 8.06. The van der Waals surface area contributed by atoms with Crippen LogP contribution in [0.3, 0.4) is 0 Å². The van der Waals surface area contributed by atoms with Crippen molar-refractivity contribution in [2.24, 2.45) is 0 Å². The van der Waals surface area contributed by atoms with Crippen LogP contribution < -0.4 is 4.74 Å². The SMILES string of the molecule is CCCOc1ccccc1/C=C/C(=O)N1CCN(C(C)=O)CC1. The van der Waals surface area contributed by atoms with Gasteiger partial charge >= 0.3 is 0 Å². The number of ether oxygens (including phenoxy) is 1. The van der Waals surface area contributed by atoms with Crippen LogP contribution in [0.15, 0.2) is 30.3 Å². The summed E-state index contributed by atoms with van der Waals surface area (Å²) in [5.41, 5.74) is 0.900. The van der Waals surface area contributed by atoms with Gasteiger partial charge in [-0.3, -0.25) is 9.59 Å². The third-order valence-corrected chi connectivity index (χ3v) is 3.82. The standard InChI is InChI=1S/C18H24N2O3/c1-3-14-23-17-7-5-4-6-16(17)8-9-18(22)20-12-10-19(11-13-20)15(2)21/h4-9H,3,10-14H2,1-2H3/b9-8+. The zero-order chi connectivity index (χ0) is 16.7. The van der Waals surface area contributed by atoms with Crippen molar-refractivity contribution in [1.82, 2.24) is 9.80 Å². The molecule has 2 amide bonds. The van der Waals surface area contributed by atoms with Gasteiger partial charge in [-0.2, -0.15) is 0 Å². The van der Waals surface area contributed by atoms with Crippen molar-refractivity contribution < 1.29 is 14.3 Å². The van der Waals surface area contributed by atoms with Gasteiger partial charge in [0, 0.05) is 44.7 Å². The van der Waals surface area contributed by atoms with E-state index in [2.05, 4.69) is 6.92 Å². The topological polar surface area (TPSA) is 49.9 Å². The molecule has 2 rings (SSSR count). The summed E-state index contributed by atoms with van der Waals surface area (Å²) < 4.78 is 5.68. The van der Waals surface area contributed by atoms with Gasteiger partial charge in [-0.1, -0.05) is 25.1 Å². The molecule has 5 heteroatoms. The van der Waals surface area contributed by atoms with Gasteiger partial charge in [0.05, 0.1) is 6.61 Å². The van der Waals surface area contributed by atoms with Gasteiger partial charge in [0.25, 0.3) is 0 Å². The predicted octanol–water partition coefficient (Wildman–Crippen LogP) is 2.18. The number of nitrogens with zero attached hydrogens (tertiary/aromatic N) is 2. The van der Waals surface area contributed by atoms with Gasteiger partial charge < -0.3 is 14.5 Å². The van der Waals surface area contributed by atoms with E-state index in [1.165, 1.54) is 0 Å². The van der Waals surface area contributed by atoms with E-state index in [9.17, 15) is 9.59 Å². The van der Waals surface area contributed by atoms with Crippen molar-refractivity contribution in [1.29, 1.82) is 0 Å². The lowest BCUT2D eigenvalue weighted by atomic mass is 10.2. The number of rotatable bonds is 5. The summed E-state index contributed by atoms with van der Waals surface area (Å²) in [6, 6.07) is 7.69. The van der Waals surface area contributed by atoms with E-state index in [-0.39, 0.29) is 11.8 Å². The third-order valence-electron chi connectivity index (χ3n) is 3.82. The number of hydrogen-bond acceptors (Lipinski definition) is 3. The summed E-state index contributed by atoms with van der Waals surface area (Å²) in [6.07, 6.45) is 4.32. The van der Waals surface area contributed by atoms with Crippen molar-refractivity contribution in [3.63, 3.8) is 0 Å². The molecule has 1 saturated heterocycles. The van der Waals surface area contributed by atoms with Gasteiger partial charge in [-0.05, 0) is 18.6 Å². The Hall–Kier alpha value is -2.30. The van der Waals surface area contributed by atoms with Crippen LogP contribution in [0, 0.1) is 0 Å². The first-order chi connectivity index (χ1) is 11.1. The highest BCUT2D eigenvalue weighted by atomic mass is 16.5. The monoisotopic (exact) mass is 316 g/mol. The van der Waals surface area contributed by atoms with Crippen LogP contribution >= 0.6 is 0 Å². The molecule has 0 saturated carbocycles. The summed E-state index contributed by atoms with van der Waals surface area (Å²) in [5.74, 6) is 0.827. The van der Waals surface area contributed by atoms with Gasteiger partial charge in [-0.25, -0.2) is 0 Å². The largest absolute Gasteiger partial charge is 0.493 e. The molecule has 0 N–H and O–H groups in total. The lowest BCUT2D eigenvalue weighted by Gasteiger charge is -2.33. The summed E-state index contributed by atoms with van der Waals surface area (Å²) >= 11 is 0. The fourth-order valence-electron chi connectivity index (χ4n) is 2.47. The second-order valence-corrected chi connectivity index (χ2v) is 5.55. The third kappa shape index (κ3) is 4.84. The van der Waals surface area contributed by atoms with E-state index in [0.29, 0.717) is 32.8 Å². The molecule has 1 aliphatic heterocycles. The van der Waals surface area contributed by atoms with Crippen LogP contribution in [0.5, 0.6) is 5.75 Å². The van der Waals surface area contributed by atoms with E-state index in [1.807, 2.05) is 24.3 Å². The Balaban J connectivity index is 1.95. The molecule has 124 valence electrons. The predicted molar refractivity (Wildman–Crippen MR) is 90.1 cm³/mol. The summed E-state index contributed by atoms with van der Waals surface area (Å²) in [5, 5.41) is 0. The Morgan fingerprint density at radius 3 is 2.43 bits per heavy atom. The van der Waals surface area contributed by atoms with Crippen LogP contribution in [0.25, 0.3) is 6.08 Å². The smallest absolute Gasteiger partial charge is 0.246 e. The van der Waals surface area contributed by atoms with Crippen molar-refractivity contribution in [2.45, 2.75) is 20.3 Å². The number of hydrogen-bond donors (Lipinski definition) is 0. The summed E-state index contributed by atoms with van der Waals surface area (Å²) in [4.78, 5) is 27.1. The average molecular weight is 316 g/mol. The van der Waals surface area contributed by atoms with Crippen molar-refractivity contribution in [3.05, 3.63) is 35.9 Å². The summed E-state index contributed by atoms with van der Waals surface area (Å²) in [7, 11) is 0. The molecule has 1 fully saturated rings. The first kappa shape index (κ1) is 17.1. The Kier molecular flexibility index (Phi) is 6.20. The minimum Gasteiger partial charge on any atom is -0.493 e. The molecule has 0 atom stereocenters. The fraction of sp³-hybridized carbons (Fsp3) is 0.444. The number of amides is 2. The molecule has 0 aromatic heterocycles. The number of benzene rings is 1. The highest BCUT2D eigenvalue weighted by Gasteiger charge is 2.20. The van der Waals surface area contributed by atoms with Crippen molar-refractivity contribution in [3.8, 4) is 5.75 Å². The minimum atomic E-state index is -0.0292. The lowest BCUT2D eigenvalue weighted by Crippen LogP contribution is -2.49. The van der Waals surface area contributed by atoms with Crippen LogP contribution in [-0.4, -0.2) is 54.4 Å². The molecule has 5 nitrogen and oxygen atoms in total. The first-order valence-corrected chi connectivity index (χ1v) is 8.06. The Bertz CT molecular complexity index is 575. The lowest BCUT2D eigenvalue weighted by molar-refractivity contribution is -0.135. The van der Waals surface area contributed by atoms with Crippen molar-refractivity contribution in [2.75, 3.05) is 32.8 Å². The van der Waals surface area contributed by atoms with E-state index in [4.69, 9.17) is 4.74 Å². The van der Waals surface area contributed by atoms with E-state index >= 15 is 0 Å². The molecule has 0 bridgehead atoms. The number of carbonyl (C=O) groups excluding carboxylic acids is 2. The average Bonchev–Trinajstić information content (AvgIpc) is 2.58. The van der Waals surface area contributed by atoms with Gasteiger partial charge in [0.15, 0.2) is 0 Å². The normalized spacial score (nSPS) is 15.0. The Morgan fingerprint density at radius 2 is 1.78 bits per heavy atom. The number of para-hydroxylation sites is 1. The van der Waals surface area contributed by atoms with Crippen LogP contribution in [0.4, 0.5) is 0 Å². The highest BCUT2D eigenvalue weighted by molar-refractivity contribution is 5.92. The second-order valence-electron chi connectivity index (χ2n) is 5.55. The Morgan fingerprint density at radius 1 is 1.13 bits per heavy atom. The molecular formula is C18H24N2O3. The molecule has 1 heterocycles. The Labute approximate surface area is 137 Å². The molecule has 23 heavy (non-hydrogen) atoms. The molecular weight excluding hydrogens is 292 g/mol. The quantitative estimate of drug-likeness (QED) is 0.782. The fourth-order valence-corrected chi connectivity index (χ4v) is 2.47. The number of piperazine rings is 1. The molecule has 0 unspecified atom stereocenters. The maximum atomic E-state index is 12.3. The minimum absolute atomic E-state index is 0.0292. The maximum absolute atomic E-state index is 12.3. The molecule has 1 aromatic rings. The second kappa shape index (κ2) is 8.36. The van der Waals surface area contributed by atoms with Crippen LogP contribution in [0.2, 0.25) is 0 Å². The van der Waals surface area contributed by atoms with Crippen LogP contribution in [-0.2, 0) is 9.59 Å². The molecule has 0 spiro atoms.